The molecule has 2 N–H and O–H groups in total. The molecule has 0 bridgehead atoms. The quantitative estimate of drug-likeness (QED) is 0.222. The lowest BCUT2D eigenvalue weighted by Crippen LogP contribution is -2.39. The first-order valence-electron chi connectivity index (χ1n) is 9.31. The molecule has 1 heterocycles. The number of methoxy groups -OCH3 is 1. The summed E-state index contributed by atoms with van der Waals surface area (Å²) < 4.78 is 5.44. The van der Waals surface area contributed by atoms with Gasteiger partial charge in [-0.2, -0.15) is 0 Å². The van der Waals surface area contributed by atoms with E-state index in [1.807, 2.05) is 32.3 Å². The molecule has 0 saturated heterocycles. The molecule has 0 aliphatic carbocycles. The zero-order valence-electron chi connectivity index (χ0n) is 16.7. The van der Waals surface area contributed by atoms with Crippen LogP contribution in [0.2, 0.25) is 0 Å². The zero-order chi connectivity index (χ0) is 19.1. The largest absolute Gasteiger partial charge is 0.496 e. The number of aryl methyl sites for hydroxylation is 1. The van der Waals surface area contributed by atoms with Gasteiger partial charge in [0.2, 0.25) is 0 Å². The third-order valence-electron chi connectivity index (χ3n) is 4.75. The highest BCUT2D eigenvalue weighted by molar-refractivity contribution is 14.0. The van der Waals surface area contributed by atoms with E-state index in [4.69, 9.17) is 4.74 Å². The van der Waals surface area contributed by atoms with Crippen LogP contribution in [0.15, 0.2) is 59.7 Å². The average Bonchev–Trinajstić information content (AvgIpc) is 3.11. The van der Waals surface area contributed by atoms with Gasteiger partial charge in [-0.15, -0.1) is 24.0 Å². The fourth-order valence-corrected chi connectivity index (χ4v) is 3.37. The molecule has 0 aliphatic heterocycles. The Bertz CT molecular complexity index is 906. The Balaban J connectivity index is 0.00000280. The van der Waals surface area contributed by atoms with Gasteiger partial charge in [0.15, 0.2) is 5.96 Å². The summed E-state index contributed by atoms with van der Waals surface area (Å²) in [5.41, 5.74) is 3.71. The third kappa shape index (κ3) is 5.41. The molecule has 0 fully saturated rings. The lowest BCUT2D eigenvalue weighted by Gasteiger charge is -2.23. The molecule has 3 rings (SSSR count). The molecule has 3 aromatic rings. The van der Waals surface area contributed by atoms with E-state index in [1.54, 1.807) is 7.11 Å². The van der Waals surface area contributed by atoms with Crippen molar-refractivity contribution >= 4 is 40.8 Å². The lowest BCUT2D eigenvalue weighted by atomic mass is 10.1. The van der Waals surface area contributed by atoms with Gasteiger partial charge in [-0.25, -0.2) is 0 Å². The molecule has 5 nitrogen and oxygen atoms in total. The van der Waals surface area contributed by atoms with Gasteiger partial charge in [-0.1, -0.05) is 36.4 Å². The normalized spacial score (nSPS) is 11.2. The summed E-state index contributed by atoms with van der Waals surface area (Å²) in [6.07, 6.45) is 4.20. The summed E-state index contributed by atoms with van der Waals surface area (Å²) in [4.78, 5) is 9.86. The zero-order valence-corrected chi connectivity index (χ0v) is 19.1. The van der Waals surface area contributed by atoms with Gasteiger partial charge in [-0.3, -0.25) is 4.99 Å². The molecule has 1 aromatic heterocycles. The molecule has 28 heavy (non-hydrogen) atoms. The first-order chi connectivity index (χ1) is 13.2. The predicted molar refractivity (Wildman–Crippen MR) is 128 cm³/mol. The minimum atomic E-state index is 0. The Morgan fingerprint density at radius 3 is 2.64 bits per heavy atom. The Morgan fingerprint density at radius 2 is 1.86 bits per heavy atom. The van der Waals surface area contributed by atoms with Crippen molar-refractivity contribution in [1.82, 2.24) is 15.2 Å². The molecule has 0 aliphatic rings. The van der Waals surface area contributed by atoms with Gasteiger partial charge < -0.3 is 19.9 Å². The number of aliphatic imine (C=N–C) groups is 1. The number of hydrogen-bond acceptors (Lipinski definition) is 2. The van der Waals surface area contributed by atoms with E-state index in [9.17, 15) is 0 Å². The van der Waals surface area contributed by atoms with E-state index < -0.39 is 0 Å². The number of ether oxygens (including phenoxy) is 1. The summed E-state index contributed by atoms with van der Waals surface area (Å²) in [7, 11) is 5.57. The number of nitrogens with zero attached hydrogens (tertiary/aromatic N) is 2. The predicted octanol–water partition coefficient (Wildman–Crippen LogP) is 4.43. The summed E-state index contributed by atoms with van der Waals surface area (Å²) >= 11 is 0. The van der Waals surface area contributed by atoms with Crippen LogP contribution in [-0.4, -0.2) is 43.6 Å². The molecule has 0 atom stereocenters. The van der Waals surface area contributed by atoms with Gasteiger partial charge in [0.05, 0.1) is 7.11 Å². The highest BCUT2D eigenvalue weighted by atomic mass is 127. The Hall–Kier alpha value is -2.22. The number of rotatable bonds is 7. The van der Waals surface area contributed by atoms with Crippen molar-refractivity contribution in [3.63, 3.8) is 0 Å². The highest BCUT2D eigenvalue weighted by Crippen LogP contribution is 2.19. The van der Waals surface area contributed by atoms with Crippen molar-refractivity contribution in [3.8, 4) is 5.75 Å². The SMILES string of the molecule is CN=C(NCCCc1c[nH]c2ccccc12)N(C)Cc1ccccc1OC.I. The Morgan fingerprint density at radius 1 is 1.11 bits per heavy atom. The molecular formula is C22H29IN4O. The van der Waals surface area contributed by atoms with Crippen LogP contribution in [0.1, 0.15) is 17.5 Å². The van der Waals surface area contributed by atoms with Gasteiger partial charge in [0, 0.05) is 49.8 Å². The monoisotopic (exact) mass is 492 g/mol. The average molecular weight is 492 g/mol. The van der Waals surface area contributed by atoms with Crippen LogP contribution < -0.4 is 10.1 Å². The van der Waals surface area contributed by atoms with Crippen molar-refractivity contribution in [3.05, 3.63) is 65.9 Å². The molecule has 0 radical (unpaired) electrons. The standard InChI is InChI=1S/C22H28N4O.HI/c1-23-22(26(2)16-18-9-4-7-13-21(18)27-3)24-14-8-10-17-15-25-20-12-6-5-11-19(17)20;/h4-7,9,11-13,15,25H,8,10,14,16H2,1-3H3,(H,23,24);1H. The van der Waals surface area contributed by atoms with Crippen LogP contribution in [-0.2, 0) is 13.0 Å². The highest BCUT2D eigenvalue weighted by Gasteiger charge is 2.10. The van der Waals surface area contributed by atoms with E-state index in [0.29, 0.717) is 0 Å². The molecule has 0 unspecified atom stereocenters. The van der Waals surface area contributed by atoms with Crippen molar-refractivity contribution in [2.45, 2.75) is 19.4 Å². The Kier molecular flexibility index (Phi) is 8.63. The second-order valence-electron chi connectivity index (χ2n) is 6.60. The maximum atomic E-state index is 5.44. The molecule has 0 amide bonds. The van der Waals surface area contributed by atoms with Crippen LogP contribution in [0, 0.1) is 0 Å². The number of para-hydroxylation sites is 2. The van der Waals surface area contributed by atoms with Crippen LogP contribution in [0.5, 0.6) is 5.75 Å². The van der Waals surface area contributed by atoms with Gasteiger partial charge in [-0.05, 0) is 30.5 Å². The number of benzene rings is 2. The summed E-state index contributed by atoms with van der Waals surface area (Å²) in [5, 5.41) is 4.78. The van der Waals surface area contributed by atoms with Crippen molar-refractivity contribution in [1.29, 1.82) is 0 Å². The number of H-pyrrole nitrogens is 1. The fourth-order valence-electron chi connectivity index (χ4n) is 3.37. The van der Waals surface area contributed by atoms with Crippen LogP contribution in [0.3, 0.4) is 0 Å². The van der Waals surface area contributed by atoms with Gasteiger partial charge in [0.25, 0.3) is 0 Å². The third-order valence-corrected chi connectivity index (χ3v) is 4.75. The maximum absolute atomic E-state index is 5.44. The molecule has 150 valence electrons. The Labute approximate surface area is 184 Å². The minimum absolute atomic E-state index is 0. The minimum Gasteiger partial charge on any atom is -0.496 e. The van der Waals surface area contributed by atoms with E-state index in [1.165, 1.54) is 16.5 Å². The van der Waals surface area contributed by atoms with Crippen LogP contribution >= 0.6 is 24.0 Å². The number of fused-ring (bicyclic) bond motifs is 1. The van der Waals surface area contributed by atoms with Gasteiger partial charge >= 0.3 is 0 Å². The molecule has 6 heteroatoms. The second kappa shape index (κ2) is 10.9. The second-order valence-corrected chi connectivity index (χ2v) is 6.60. The molecular weight excluding hydrogens is 463 g/mol. The van der Waals surface area contributed by atoms with Crippen LogP contribution in [0.25, 0.3) is 10.9 Å². The topological polar surface area (TPSA) is 52.7 Å². The number of halogens is 1. The van der Waals surface area contributed by atoms with E-state index in [-0.39, 0.29) is 24.0 Å². The number of aromatic amines is 1. The number of aromatic nitrogens is 1. The van der Waals surface area contributed by atoms with E-state index >= 15 is 0 Å². The van der Waals surface area contributed by atoms with Crippen molar-refractivity contribution in [2.75, 3.05) is 27.7 Å². The molecule has 2 aromatic carbocycles. The maximum Gasteiger partial charge on any atom is 0.193 e. The number of hydrogen-bond donors (Lipinski definition) is 2. The van der Waals surface area contributed by atoms with Crippen LogP contribution in [0.4, 0.5) is 0 Å². The summed E-state index contributed by atoms with van der Waals surface area (Å²) in [5.74, 6) is 1.79. The lowest BCUT2D eigenvalue weighted by molar-refractivity contribution is 0.396. The summed E-state index contributed by atoms with van der Waals surface area (Å²) in [6.45, 7) is 1.62. The first kappa shape index (κ1) is 22.1. The first-order valence-corrected chi connectivity index (χ1v) is 9.31. The fraction of sp³-hybridized carbons (Fsp3) is 0.318. The molecule has 0 saturated carbocycles. The number of guanidine groups is 1. The van der Waals surface area contributed by atoms with Crippen molar-refractivity contribution in [2.24, 2.45) is 4.99 Å². The van der Waals surface area contributed by atoms with Crippen molar-refractivity contribution < 1.29 is 4.74 Å². The number of nitrogens with one attached hydrogen (secondary N) is 2. The van der Waals surface area contributed by atoms with E-state index in [0.717, 1.165) is 43.2 Å². The van der Waals surface area contributed by atoms with E-state index in [2.05, 4.69) is 56.7 Å². The van der Waals surface area contributed by atoms with Gasteiger partial charge in [0.1, 0.15) is 5.75 Å². The molecule has 0 spiro atoms. The summed E-state index contributed by atoms with van der Waals surface area (Å²) in [6, 6.07) is 16.5. The smallest absolute Gasteiger partial charge is 0.193 e.